The number of likely N-dealkylation sites (tertiary alicyclic amines) is 1. The number of rotatable bonds is 5. The molecule has 1 heterocycles. The lowest BCUT2D eigenvalue weighted by Gasteiger charge is -2.35. The molecule has 110 valence electrons. The Morgan fingerprint density at radius 2 is 2.10 bits per heavy atom. The highest BCUT2D eigenvalue weighted by molar-refractivity contribution is 7.99. The molecule has 2 rings (SSSR count). The highest BCUT2D eigenvalue weighted by atomic mass is 32.2. The molecule has 1 saturated heterocycles. The van der Waals surface area contributed by atoms with E-state index in [1.807, 2.05) is 18.2 Å². The van der Waals surface area contributed by atoms with Crippen molar-refractivity contribution in [3.8, 4) is 0 Å². The Morgan fingerprint density at radius 1 is 1.30 bits per heavy atom. The third kappa shape index (κ3) is 3.57. The maximum Gasteiger partial charge on any atom is 0.255 e. The average Bonchev–Trinajstić information content (AvgIpc) is 2.52. The van der Waals surface area contributed by atoms with Gasteiger partial charge in [-0.25, -0.2) is 0 Å². The van der Waals surface area contributed by atoms with E-state index in [-0.39, 0.29) is 5.91 Å². The maximum atomic E-state index is 12.9. The van der Waals surface area contributed by atoms with Crippen LogP contribution in [0.25, 0.3) is 0 Å². The van der Waals surface area contributed by atoms with E-state index in [2.05, 4.69) is 24.8 Å². The molecular weight excluding hydrogens is 266 g/mol. The van der Waals surface area contributed by atoms with Crippen LogP contribution in [0.4, 0.5) is 0 Å². The maximum absolute atomic E-state index is 12.9. The zero-order valence-electron chi connectivity index (χ0n) is 12.6. The summed E-state index contributed by atoms with van der Waals surface area (Å²) in [6.45, 7) is 5.29. The van der Waals surface area contributed by atoms with Crippen molar-refractivity contribution in [3.05, 3.63) is 29.8 Å². The number of thioether (sulfide) groups is 1. The molecular formula is C17H25NOS. The molecule has 1 aliphatic rings. The Labute approximate surface area is 126 Å². The summed E-state index contributed by atoms with van der Waals surface area (Å²) < 4.78 is 0. The lowest BCUT2D eigenvalue weighted by molar-refractivity contribution is 0.0604. The standard InChI is InChI=1S/C17H25NOS/c1-3-13-20-16-11-6-5-10-15(16)17(19)18-12-8-7-9-14(18)4-2/h5-6,10-11,14H,3-4,7-9,12-13H2,1-2H3/t14-/m1/s1. The van der Waals surface area contributed by atoms with Gasteiger partial charge in [0.25, 0.3) is 5.91 Å². The number of piperidine rings is 1. The van der Waals surface area contributed by atoms with Crippen LogP contribution in [0.5, 0.6) is 0 Å². The van der Waals surface area contributed by atoms with Crippen LogP contribution in [-0.2, 0) is 0 Å². The zero-order valence-corrected chi connectivity index (χ0v) is 13.4. The van der Waals surface area contributed by atoms with Crippen molar-refractivity contribution in [1.29, 1.82) is 0 Å². The van der Waals surface area contributed by atoms with Crippen molar-refractivity contribution < 1.29 is 4.79 Å². The third-order valence-electron chi connectivity index (χ3n) is 3.94. The molecule has 1 atom stereocenters. The summed E-state index contributed by atoms with van der Waals surface area (Å²) in [5, 5.41) is 0. The topological polar surface area (TPSA) is 20.3 Å². The van der Waals surface area contributed by atoms with Crippen molar-refractivity contribution in [3.63, 3.8) is 0 Å². The first-order valence-corrected chi connectivity index (χ1v) is 8.79. The molecule has 0 aliphatic carbocycles. The lowest BCUT2D eigenvalue weighted by Crippen LogP contribution is -2.43. The van der Waals surface area contributed by atoms with Gasteiger partial charge in [0.2, 0.25) is 0 Å². The summed E-state index contributed by atoms with van der Waals surface area (Å²) in [5.74, 6) is 1.30. The number of carbonyl (C=O) groups excluding carboxylic acids is 1. The molecule has 0 unspecified atom stereocenters. The van der Waals surface area contributed by atoms with Gasteiger partial charge in [-0.1, -0.05) is 26.0 Å². The van der Waals surface area contributed by atoms with Crippen LogP contribution >= 0.6 is 11.8 Å². The van der Waals surface area contributed by atoms with E-state index in [0.29, 0.717) is 6.04 Å². The Bertz CT molecular complexity index is 446. The first kappa shape index (κ1) is 15.4. The summed E-state index contributed by atoms with van der Waals surface area (Å²) in [5.41, 5.74) is 0.895. The van der Waals surface area contributed by atoms with Crippen LogP contribution in [0, 0.1) is 0 Å². The molecule has 2 nitrogen and oxygen atoms in total. The number of amides is 1. The van der Waals surface area contributed by atoms with Gasteiger partial charge in [0.1, 0.15) is 0 Å². The second kappa shape index (κ2) is 7.72. The minimum absolute atomic E-state index is 0.232. The molecule has 1 aliphatic heterocycles. The molecule has 0 aromatic heterocycles. The third-order valence-corrected chi connectivity index (χ3v) is 5.22. The smallest absolute Gasteiger partial charge is 0.255 e. The number of benzene rings is 1. The summed E-state index contributed by atoms with van der Waals surface area (Å²) >= 11 is 1.80. The van der Waals surface area contributed by atoms with E-state index < -0.39 is 0 Å². The van der Waals surface area contributed by atoms with Crippen molar-refractivity contribution in [2.75, 3.05) is 12.3 Å². The van der Waals surface area contributed by atoms with Gasteiger partial charge in [-0.3, -0.25) is 4.79 Å². The fraction of sp³-hybridized carbons (Fsp3) is 0.588. The highest BCUT2D eigenvalue weighted by Gasteiger charge is 2.27. The van der Waals surface area contributed by atoms with Crippen LogP contribution in [0.1, 0.15) is 56.3 Å². The summed E-state index contributed by atoms with van der Waals surface area (Å²) in [7, 11) is 0. The summed E-state index contributed by atoms with van der Waals surface area (Å²) in [4.78, 5) is 16.1. The second-order valence-electron chi connectivity index (χ2n) is 5.40. The van der Waals surface area contributed by atoms with Crippen molar-refractivity contribution in [1.82, 2.24) is 4.90 Å². The van der Waals surface area contributed by atoms with Crippen LogP contribution in [0.3, 0.4) is 0 Å². The largest absolute Gasteiger partial charge is 0.336 e. The molecule has 0 radical (unpaired) electrons. The summed E-state index contributed by atoms with van der Waals surface area (Å²) in [6.07, 6.45) is 5.76. The van der Waals surface area contributed by atoms with E-state index in [1.165, 1.54) is 6.42 Å². The van der Waals surface area contributed by atoms with Gasteiger partial charge in [0, 0.05) is 17.5 Å². The first-order chi connectivity index (χ1) is 9.77. The fourth-order valence-corrected chi connectivity index (χ4v) is 3.74. The molecule has 1 amide bonds. The van der Waals surface area contributed by atoms with Gasteiger partial charge >= 0.3 is 0 Å². The predicted octanol–water partition coefficient (Wildman–Crippen LogP) is 4.59. The number of nitrogens with zero attached hydrogens (tertiary/aromatic N) is 1. The van der Waals surface area contributed by atoms with Gasteiger partial charge < -0.3 is 4.90 Å². The van der Waals surface area contributed by atoms with Gasteiger partial charge in [-0.15, -0.1) is 11.8 Å². The molecule has 0 spiro atoms. The van der Waals surface area contributed by atoms with Crippen molar-refractivity contribution in [2.24, 2.45) is 0 Å². The van der Waals surface area contributed by atoms with E-state index >= 15 is 0 Å². The fourth-order valence-electron chi connectivity index (χ4n) is 2.83. The second-order valence-corrected chi connectivity index (χ2v) is 6.54. The minimum Gasteiger partial charge on any atom is -0.336 e. The van der Waals surface area contributed by atoms with Gasteiger partial charge in [0.15, 0.2) is 0 Å². The van der Waals surface area contributed by atoms with E-state index in [1.54, 1.807) is 11.8 Å². The predicted molar refractivity (Wildman–Crippen MR) is 86.4 cm³/mol. The van der Waals surface area contributed by atoms with Gasteiger partial charge in [-0.2, -0.15) is 0 Å². The Balaban J connectivity index is 2.19. The van der Waals surface area contributed by atoms with Crippen LogP contribution in [0.15, 0.2) is 29.2 Å². The van der Waals surface area contributed by atoms with Crippen LogP contribution in [-0.4, -0.2) is 29.1 Å². The SMILES string of the molecule is CCCSc1ccccc1C(=O)N1CCCC[C@H]1CC. The molecule has 20 heavy (non-hydrogen) atoms. The number of hydrogen-bond acceptors (Lipinski definition) is 2. The molecule has 1 aromatic rings. The monoisotopic (exact) mass is 291 g/mol. The molecule has 3 heteroatoms. The number of hydrogen-bond donors (Lipinski definition) is 0. The summed E-state index contributed by atoms with van der Waals surface area (Å²) in [6, 6.07) is 8.51. The Morgan fingerprint density at radius 3 is 2.85 bits per heavy atom. The van der Waals surface area contributed by atoms with E-state index in [4.69, 9.17) is 0 Å². The highest BCUT2D eigenvalue weighted by Crippen LogP contribution is 2.27. The Hall–Kier alpha value is -0.960. The van der Waals surface area contributed by atoms with Crippen molar-refractivity contribution in [2.45, 2.75) is 56.9 Å². The molecule has 1 aromatic carbocycles. The molecule has 1 fully saturated rings. The quantitative estimate of drug-likeness (QED) is 0.739. The van der Waals surface area contributed by atoms with E-state index in [0.717, 1.165) is 48.4 Å². The Kier molecular flexibility index (Phi) is 5.96. The number of carbonyl (C=O) groups is 1. The zero-order chi connectivity index (χ0) is 14.4. The minimum atomic E-state index is 0.232. The molecule has 0 bridgehead atoms. The van der Waals surface area contributed by atoms with Gasteiger partial charge in [-0.05, 0) is 50.0 Å². The van der Waals surface area contributed by atoms with Crippen LogP contribution in [0.2, 0.25) is 0 Å². The molecule has 0 saturated carbocycles. The van der Waals surface area contributed by atoms with E-state index in [9.17, 15) is 4.79 Å². The van der Waals surface area contributed by atoms with Gasteiger partial charge in [0.05, 0.1) is 5.56 Å². The average molecular weight is 291 g/mol. The normalized spacial score (nSPS) is 19.1. The molecule has 0 N–H and O–H groups in total. The van der Waals surface area contributed by atoms with Crippen LogP contribution < -0.4 is 0 Å². The lowest BCUT2D eigenvalue weighted by atomic mass is 9.99. The first-order valence-electron chi connectivity index (χ1n) is 7.80. The van der Waals surface area contributed by atoms with Crippen molar-refractivity contribution >= 4 is 17.7 Å².